The van der Waals surface area contributed by atoms with Crippen LogP contribution in [-0.2, 0) is 26.1 Å². The van der Waals surface area contributed by atoms with Crippen LogP contribution in [-0.4, -0.2) is 21.2 Å². The van der Waals surface area contributed by atoms with Crippen molar-refractivity contribution in [1.82, 2.24) is 0 Å². The maximum absolute atomic E-state index is 17.1. The highest BCUT2D eigenvalue weighted by atomic mass is 32.3. The lowest BCUT2D eigenvalue weighted by Crippen LogP contribution is -2.47. The van der Waals surface area contributed by atoms with Crippen LogP contribution in [0, 0.1) is 5.92 Å². The first-order chi connectivity index (χ1) is 15.6. The summed E-state index contributed by atoms with van der Waals surface area (Å²) in [5.41, 5.74) is 1.19. The molecule has 0 saturated carbocycles. The monoisotopic (exact) mass is 486 g/mol. The Hall–Kier alpha value is -2.77. The molecular formula is C26H27FO4S2. The minimum absolute atomic E-state index is 0.207. The zero-order valence-corrected chi connectivity index (χ0v) is 20.2. The van der Waals surface area contributed by atoms with Crippen LogP contribution in [0.25, 0.3) is 0 Å². The van der Waals surface area contributed by atoms with Gasteiger partial charge in [-0.3, -0.25) is 0 Å². The van der Waals surface area contributed by atoms with Crippen LogP contribution >= 0.6 is 0 Å². The number of allylic oxidation sites excluding steroid dienone is 1. The topological polar surface area (TPSA) is 68.3 Å². The number of hydrogen-bond acceptors (Lipinski definition) is 4. The summed E-state index contributed by atoms with van der Waals surface area (Å²) in [6, 6.07) is 20.3. The second kappa shape index (κ2) is 9.61. The quantitative estimate of drug-likeness (QED) is 0.363. The molecule has 0 radical (unpaired) electrons. The molecule has 3 aromatic rings. The van der Waals surface area contributed by atoms with Crippen LogP contribution in [0.15, 0.2) is 107 Å². The van der Waals surface area contributed by atoms with Gasteiger partial charge in [-0.1, -0.05) is 80.6 Å². The number of hydrogen-bond donors (Lipinski definition) is 0. The van der Waals surface area contributed by atoms with Crippen molar-refractivity contribution in [2.75, 3.05) is 0 Å². The van der Waals surface area contributed by atoms with E-state index in [4.69, 9.17) is 0 Å². The third kappa shape index (κ3) is 4.52. The van der Waals surface area contributed by atoms with E-state index >= 15 is 4.39 Å². The van der Waals surface area contributed by atoms with Crippen LogP contribution in [0.4, 0.5) is 4.39 Å². The first-order valence-electron chi connectivity index (χ1n) is 10.6. The number of halogens is 1. The molecule has 0 amide bonds. The Balaban J connectivity index is 2.27. The van der Waals surface area contributed by atoms with Gasteiger partial charge in [0.05, 0.1) is 15.7 Å². The van der Waals surface area contributed by atoms with Crippen molar-refractivity contribution in [3.05, 3.63) is 109 Å². The molecule has 0 aromatic heterocycles. The van der Waals surface area contributed by atoms with Crippen molar-refractivity contribution >= 4 is 19.7 Å². The van der Waals surface area contributed by atoms with E-state index in [9.17, 15) is 16.8 Å². The molecule has 0 spiro atoms. The van der Waals surface area contributed by atoms with E-state index in [0.29, 0.717) is 5.92 Å². The second-order valence-electron chi connectivity index (χ2n) is 8.27. The molecule has 0 aliphatic carbocycles. The molecule has 174 valence electrons. The summed E-state index contributed by atoms with van der Waals surface area (Å²) < 4.78 is 68.0. The first kappa shape index (κ1) is 24.9. The van der Waals surface area contributed by atoms with Crippen LogP contribution < -0.4 is 0 Å². The van der Waals surface area contributed by atoms with Gasteiger partial charge in [-0.2, -0.15) is 0 Å². The average Bonchev–Trinajstić information content (AvgIpc) is 2.81. The minimum Gasteiger partial charge on any atom is -0.219 e. The molecule has 0 aliphatic heterocycles. The summed E-state index contributed by atoms with van der Waals surface area (Å²) in [5, 5.41) is 0. The highest BCUT2D eigenvalue weighted by Gasteiger charge is 2.62. The van der Waals surface area contributed by atoms with Crippen molar-refractivity contribution in [3.63, 3.8) is 0 Å². The molecule has 0 bridgehead atoms. The Morgan fingerprint density at radius 2 is 1.21 bits per heavy atom. The van der Waals surface area contributed by atoms with Gasteiger partial charge in [0.1, 0.15) is 0 Å². The summed E-state index contributed by atoms with van der Waals surface area (Å²) >= 11 is 0. The number of rotatable bonds is 9. The van der Waals surface area contributed by atoms with Gasteiger partial charge < -0.3 is 0 Å². The Morgan fingerprint density at radius 1 is 0.788 bits per heavy atom. The van der Waals surface area contributed by atoms with Crippen LogP contribution in [0.2, 0.25) is 0 Å². The highest BCUT2D eigenvalue weighted by Crippen LogP contribution is 2.47. The standard InChI is InChI=1S/C26H27FO4S2/c1-4-25(22-17-15-21(16-18-22)19-20(2)3)26(27,32(28,29)23-11-7-5-8-12-23)33(30,31)24-13-9-6-10-14-24/h4-18,20,25H,1,19H2,2-3H3/t25-/m0/s1. The van der Waals surface area contributed by atoms with E-state index in [1.165, 1.54) is 48.5 Å². The molecule has 0 N–H and O–H groups in total. The van der Waals surface area contributed by atoms with Gasteiger partial charge in [0.2, 0.25) is 19.7 Å². The van der Waals surface area contributed by atoms with Crippen molar-refractivity contribution in [2.45, 2.75) is 40.3 Å². The molecule has 0 aliphatic rings. The lowest BCUT2D eigenvalue weighted by Gasteiger charge is -2.31. The summed E-state index contributed by atoms with van der Waals surface area (Å²) in [6.07, 6.45) is 1.84. The fourth-order valence-corrected chi connectivity index (χ4v) is 8.35. The lowest BCUT2D eigenvalue weighted by molar-refractivity contribution is 0.331. The maximum atomic E-state index is 17.1. The largest absolute Gasteiger partial charge is 0.327 e. The lowest BCUT2D eigenvalue weighted by atomic mass is 9.96. The van der Waals surface area contributed by atoms with Gasteiger partial charge in [0.25, 0.3) is 0 Å². The molecule has 3 aromatic carbocycles. The van der Waals surface area contributed by atoms with E-state index in [1.54, 1.807) is 36.4 Å². The summed E-state index contributed by atoms with van der Waals surface area (Å²) in [7, 11) is -10.0. The Kier molecular flexibility index (Phi) is 7.24. The van der Waals surface area contributed by atoms with E-state index in [1.807, 2.05) is 0 Å². The van der Waals surface area contributed by atoms with Crippen molar-refractivity contribution in [2.24, 2.45) is 5.92 Å². The van der Waals surface area contributed by atoms with Gasteiger partial charge in [0, 0.05) is 0 Å². The number of alkyl halides is 1. The molecular weight excluding hydrogens is 459 g/mol. The van der Waals surface area contributed by atoms with E-state index < -0.39 is 39.7 Å². The van der Waals surface area contributed by atoms with Gasteiger partial charge in [-0.25, -0.2) is 21.2 Å². The fourth-order valence-electron chi connectivity index (χ4n) is 3.81. The summed E-state index contributed by atoms with van der Waals surface area (Å²) in [4.78, 5) is -0.842. The van der Waals surface area contributed by atoms with Crippen LogP contribution in [0.1, 0.15) is 30.9 Å². The zero-order valence-electron chi connectivity index (χ0n) is 18.6. The number of sulfone groups is 2. The van der Waals surface area contributed by atoms with Gasteiger partial charge >= 0.3 is 4.33 Å². The predicted octanol–water partition coefficient (Wildman–Crippen LogP) is 5.73. The normalized spacial score (nSPS) is 13.6. The molecule has 33 heavy (non-hydrogen) atoms. The molecule has 0 heterocycles. The molecule has 0 fully saturated rings. The van der Waals surface area contributed by atoms with E-state index in [2.05, 4.69) is 20.4 Å². The Labute approximate surface area is 195 Å². The predicted molar refractivity (Wildman–Crippen MR) is 129 cm³/mol. The third-order valence-corrected chi connectivity index (χ3v) is 10.5. The molecule has 7 heteroatoms. The van der Waals surface area contributed by atoms with Gasteiger partial charge in [-0.05, 0) is 47.7 Å². The van der Waals surface area contributed by atoms with Crippen molar-refractivity contribution in [1.29, 1.82) is 0 Å². The smallest absolute Gasteiger partial charge is 0.219 e. The SMILES string of the molecule is C=C[C@@H](c1ccc(CC(C)C)cc1)C(F)(S(=O)(=O)c1ccccc1)S(=O)(=O)c1ccccc1. The maximum Gasteiger partial charge on any atom is 0.327 e. The molecule has 0 unspecified atom stereocenters. The number of benzene rings is 3. The highest BCUT2D eigenvalue weighted by molar-refractivity contribution is 8.10. The molecule has 3 rings (SSSR count). The van der Waals surface area contributed by atoms with E-state index in [0.717, 1.165) is 18.1 Å². The Morgan fingerprint density at radius 3 is 1.58 bits per heavy atom. The van der Waals surface area contributed by atoms with Crippen LogP contribution in [0.5, 0.6) is 0 Å². The zero-order chi connectivity index (χ0) is 24.3. The molecule has 1 atom stereocenters. The van der Waals surface area contributed by atoms with Gasteiger partial charge in [0.15, 0.2) is 0 Å². The summed E-state index contributed by atoms with van der Waals surface area (Å²) in [6.45, 7) is 7.74. The summed E-state index contributed by atoms with van der Waals surface area (Å²) in [5.74, 6) is -1.27. The minimum atomic E-state index is -5.02. The molecule has 0 saturated heterocycles. The Bertz CT molecular complexity index is 1230. The van der Waals surface area contributed by atoms with Gasteiger partial charge in [-0.15, -0.1) is 6.58 Å². The molecule has 4 nitrogen and oxygen atoms in total. The fraction of sp³-hybridized carbons (Fsp3) is 0.231. The average molecular weight is 487 g/mol. The third-order valence-electron chi connectivity index (χ3n) is 5.43. The van der Waals surface area contributed by atoms with Crippen molar-refractivity contribution < 1.29 is 21.2 Å². The second-order valence-corrected chi connectivity index (χ2v) is 12.7. The van der Waals surface area contributed by atoms with E-state index in [-0.39, 0.29) is 5.56 Å². The van der Waals surface area contributed by atoms with Crippen molar-refractivity contribution in [3.8, 4) is 0 Å². The van der Waals surface area contributed by atoms with Crippen LogP contribution in [0.3, 0.4) is 0 Å². The first-order valence-corrected chi connectivity index (χ1v) is 13.5.